The van der Waals surface area contributed by atoms with E-state index in [2.05, 4.69) is 4.74 Å². The van der Waals surface area contributed by atoms with Crippen LogP contribution in [0, 0.1) is 0 Å². The van der Waals surface area contributed by atoms with Crippen molar-refractivity contribution in [2.45, 2.75) is 0 Å². The first-order valence-electron chi connectivity index (χ1n) is 3.14. The monoisotopic (exact) mass is 210 g/mol. The third-order valence-corrected chi connectivity index (χ3v) is 1.01. The van der Waals surface area contributed by atoms with Crippen LogP contribution in [-0.4, -0.2) is 62.2 Å². The molecule has 12 heavy (non-hydrogen) atoms. The van der Waals surface area contributed by atoms with Gasteiger partial charge in [-0.25, -0.2) is 4.79 Å². The molecule has 0 unspecified atom stereocenters. The van der Waals surface area contributed by atoms with E-state index in [0.717, 1.165) is 11.0 Å². The number of nitrogens with zero attached hydrogens (tertiary/aromatic N) is 1. The number of hydrogen-bond donors (Lipinski definition) is 1. The summed E-state index contributed by atoms with van der Waals surface area (Å²) in [5.74, 6) is 0. The number of rotatable bonds is 3. The number of halogens is 1. The number of ether oxygens (including phenoxy) is 1. The summed E-state index contributed by atoms with van der Waals surface area (Å²) in [6.45, 7) is 1.17. The molecule has 0 fully saturated rings. The van der Waals surface area contributed by atoms with Gasteiger partial charge in [0, 0.05) is 0 Å². The first-order valence-corrected chi connectivity index (χ1v) is 3.14. The minimum absolute atomic E-state index is 0. The van der Waals surface area contributed by atoms with E-state index in [0.29, 0.717) is 6.61 Å². The van der Waals surface area contributed by atoms with E-state index in [1.807, 2.05) is 21.1 Å². The number of primary amides is 1. The Hall–Kier alpha value is 0.0525. The summed E-state index contributed by atoms with van der Waals surface area (Å²) < 4.78 is 5.31. The van der Waals surface area contributed by atoms with Crippen LogP contribution >= 0.6 is 12.4 Å². The Morgan fingerprint density at radius 3 is 2.08 bits per heavy atom. The quantitative estimate of drug-likeness (QED) is 0.520. The molecule has 2 N–H and O–H groups in total. The van der Waals surface area contributed by atoms with Gasteiger partial charge in [-0.15, -0.1) is 12.4 Å². The van der Waals surface area contributed by atoms with Gasteiger partial charge in [-0.3, -0.25) is 0 Å². The molecule has 0 aromatic carbocycles. The van der Waals surface area contributed by atoms with E-state index in [-0.39, 0.29) is 29.8 Å². The maximum atomic E-state index is 10.1. The van der Waals surface area contributed by atoms with Crippen LogP contribution in [-0.2, 0) is 4.74 Å². The van der Waals surface area contributed by atoms with Crippen LogP contribution in [0.2, 0.25) is 0 Å². The summed E-state index contributed by atoms with van der Waals surface area (Å²) in [7, 11) is 6.05. The Balaban J connectivity index is -0.000000405. The number of hydrogen-bond acceptors (Lipinski definition) is 2. The Morgan fingerprint density at radius 1 is 1.42 bits per heavy atom. The molecular weight excluding hydrogens is 195 g/mol. The molecule has 0 saturated heterocycles. The largest absolute Gasteiger partial charge is 3.00 e. The van der Waals surface area contributed by atoms with Crippen molar-refractivity contribution in [3.05, 3.63) is 0 Å². The molecule has 0 aliphatic carbocycles. The van der Waals surface area contributed by atoms with Gasteiger partial charge < -0.3 is 15.0 Å². The summed E-state index contributed by atoms with van der Waals surface area (Å²) in [5.41, 5.74) is 4.75. The molecule has 0 bridgehead atoms. The van der Waals surface area contributed by atoms with Gasteiger partial charge in [0.15, 0.2) is 0 Å². The number of likely N-dealkylation sites (N-methyl/N-ethyl adjacent to an activating group) is 1. The molecule has 0 radical (unpaired) electrons. The van der Waals surface area contributed by atoms with Crippen LogP contribution in [0.25, 0.3) is 0 Å². The van der Waals surface area contributed by atoms with E-state index >= 15 is 0 Å². The Bertz CT molecular complexity index is 127. The molecule has 6 heteroatoms. The molecule has 0 atom stereocenters. The van der Waals surface area contributed by atoms with Crippen molar-refractivity contribution >= 4 is 35.9 Å². The predicted molar refractivity (Wildman–Crippen MR) is 51.4 cm³/mol. The molecular formula is C6H16AlClN2O2+4. The molecule has 0 aliphatic heterocycles. The van der Waals surface area contributed by atoms with Crippen molar-refractivity contribution in [1.82, 2.24) is 0 Å². The first kappa shape index (κ1) is 18.0. The van der Waals surface area contributed by atoms with Gasteiger partial charge in [-0.1, -0.05) is 0 Å². The van der Waals surface area contributed by atoms with Crippen molar-refractivity contribution in [2.75, 3.05) is 34.3 Å². The van der Waals surface area contributed by atoms with Crippen LogP contribution in [0.3, 0.4) is 0 Å². The summed E-state index contributed by atoms with van der Waals surface area (Å²) in [6, 6.07) is 0. The van der Waals surface area contributed by atoms with E-state index in [1.54, 1.807) is 0 Å². The number of nitrogens with two attached hydrogens (primary N) is 1. The summed E-state index contributed by atoms with van der Waals surface area (Å²) in [6.07, 6.45) is -0.701. The van der Waals surface area contributed by atoms with Gasteiger partial charge in [0.1, 0.15) is 13.2 Å². The standard InChI is InChI=1S/C6H14N2O2.Al.ClH/c1-8(2,3)4-5-10-6(7)9;;/h4-5H2,1-3H3,(H-,7,9);;1H/q;+3;/p+1. The van der Waals surface area contributed by atoms with Gasteiger partial charge >= 0.3 is 23.5 Å². The fourth-order valence-corrected chi connectivity index (χ4v) is 0.420. The maximum Gasteiger partial charge on any atom is 3.00 e. The van der Waals surface area contributed by atoms with Crippen LogP contribution in [0.4, 0.5) is 4.79 Å². The van der Waals surface area contributed by atoms with Crippen LogP contribution < -0.4 is 5.73 Å². The summed E-state index contributed by atoms with van der Waals surface area (Å²) in [5, 5.41) is 0. The normalized spacial score (nSPS) is 9.25. The predicted octanol–water partition coefficient (Wildman–Crippen LogP) is -0.171. The van der Waals surface area contributed by atoms with Crippen molar-refractivity contribution in [2.24, 2.45) is 5.73 Å². The van der Waals surface area contributed by atoms with Crippen LogP contribution in [0.1, 0.15) is 0 Å². The van der Waals surface area contributed by atoms with Crippen molar-refractivity contribution < 1.29 is 14.0 Å². The molecule has 0 aliphatic rings. The Labute approximate surface area is 90.2 Å². The molecule has 0 spiro atoms. The fraction of sp³-hybridized carbons (Fsp3) is 0.833. The summed E-state index contributed by atoms with van der Waals surface area (Å²) in [4.78, 5) is 10.1. The van der Waals surface area contributed by atoms with Gasteiger partial charge in [-0.05, 0) is 0 Å². The summed E-state index contributed by atoms with van der Waals surface area (Å²) >= 11 is 0. The average molecular weight is 211 g/mol. The zero-order chi connectivity index (χ0) is 8.20. The zero-order valence-electron chi connectivity index (χ0n) is 7.74. The van der Waals surface area contributed by atoms with Gasteiger partial charge in [-0.2, -0.15) is 0 Å². The van der Waals surface area contributed by atoms with Gasteiger partial charge in [0.2, 0.25) is 0 Å². The third-order valence-electron chi connectivity index (χ3n) is 1.01. The van der Waals surface area contributed by atoms with Crippen molar-refractivity contribution in [1.29, 1.82) is 0 Å². The average Bonchev–Trinajstić information content (AvgIpc) is 1.59. The number of carbonyl (C=O) groups is 1. The van der Waals surface area contributed by atoms with Gasteiger partial charge in [0.25, 0.3) is 0 Å². The van der Waals surface area contributed by atoms with Crippen molar-refractivity contribution in [3.63, 3.8) is 0 Å². The molecule has 4 nitrogen and oxygen atoms in total. The van der Waals surface area contributed by atoms with Gasteiger partial charge in [0.05, 0.1) is 21.1 Å². The van der Waals surface area contributed by atoms with Crippen LogP contribution in [0.5, 0.6) is 0 Å². The second-order valence-electron chi connectivity index (χ2n) is 3.18. The Morgan fingerprint density at radius 2 is 1.83 bits per heavy atom. The number of quaternary nitrogens is 1. The van der Waals surface area contributed by atoms with E-state index in [1.165, 1.54) is 0 Å². The smallest absolute Gasteiger partial charge is 0.444 e. The molecule has 0 aromatic heterocycles. The third kappa shape index (κ3) is 16.6. The van der Waals surface area contributed by atoms with E-state index in [9.17, 15) is 4.79 Å². The maximum absolute atomic E-state index is 10.1. The molecule has 0 heterocycles. The fourth-order valence-electron chi connectivity index (χ4n) is 0.420. The Kier molecular flexibility index (Phi) is 11.5. The van der Waals surface area contributed by atoms with Crippen molar-refractivity contribution in [3.8, 4) is 0 Å². The zero-order valence-corrected chi connectivity index (χ0v) is 9.71. The molecule has 0 saturated carbocycles. The molecule has 68 valence electrons. The number of carbonyl (C=O) groups excluding carboxylic acids is 1. The minimum atomic E-state index is -0.701. The van der Waals surface area contributed by atoms with Crippen LogP contribution in [0.15, 0.2) is 0 Å². The molecule has 0 aromatic rings. The molecule has 0 rings (SSSR count). The molecule has 1 amide bonds. The van der Waals surface area contributed by atoms with E-state index < -0.39 is 6.09 Å². The first-order chi connectivity index (χ1) is 4.42. The van der Waals surface area contributed by atoms with E-state index in [4.69, 9.17) is 5.73 Å². The SMILES string of the molecule is C[N+](C)(C)CCOC(N)=O.Cl.[Al+3]. The second kappa shape index (κ2) is 7.69. The topological polar surface area (TPSA) is 52.3 Å². The second-order valence-corrected chi connectivity index (χ2v) is 3.18. The number of amides is 1. The minimum Gasteiger partial charge on any atom is -0.444 e.